The predicted octanol–water partition coefficient (Wildman–Crippen LogP) is 2.49. The molecule has 6 nitrogen and oxygen atoms in total. The maximum absolute atomic E-state index is 11.1. The van der Waals surface area contributed by atoms with Crippen LogP contribution in [-0.2, 0) is 4.84 Å². The van der Waals surface area contributed by atoms with Crippen molar-refractivity contribution in [1.82, 2.24) is 5.16 Å². The minimum atomic E-state index is -0.769. The zero-order chi connectivity index (χ0) is 11.3. The number of anilines is 1. The molecule has 0 atom stereocenters. The number of nitrogens with zero attached hydrogens (tertiary/aromatic N) is 2. The molecule has 15 heavy (non-hydrogen) atoms. The number of aromatic nitrogens is 1. The van der Waals surface area contributed by atoms with Crippen LogP contribution < -0.4 is 5.32 Å². The largest absolute Gasteiger partial charge is 0.439 e. The van der Waals surface area contributed by atoms with E-state index in [1.54, 1.807) is 19.9 Å². The van der Waals surface area contributed by atoms with E-state index in [4.69, 9.17) is 16.1 Å². The minimum absolute atomic E-state index is 0.210. The van der Waals surface area contributed by atoms with Crippen molar-refractivity contribution in [2.75, 3.05) is 5.32 Å². The topological polar surface area (TPSA) is 76.7 Å². The number of oxime groups is 1. The highest BCUT2D eigenvalue weighted by Crippen LogP contribution is 2.07. The molecule has 1 amide bonds. The Morgan fingerprint density at radius 1 is 1.80 bits per heavy atom. The Morgan fingerprint density at radius 3 is 3.07 bits per heavy atom. The molecule has 0 spiro atoms. The number of hydrogen-bond acceptors (Lipinski definition) is 5. The van der Waals surface area contributed by atoms with Crippen LogP contribution in [0.3, 0.4) is 0 Å². The molecular weight excluding hydrogens is 222 g/mol. The second kappa shape index (κ2) is 5.35. The van der Waals surface area contributed by atoms with E-state index in [-0.39, 0.29) is 11.0 Å². The lowest BCUT2D eigenvalue weighted by atomic mass is 10.5. The normalized spacial score (nSPS) is 11.3. The van der Waals surface area contributed by atoms with E-state index >= 15 is 0 Å². The maximum atomic E-state index is 11.1. The molecule has 1 aromatic heterocycles. The van der Waals surface area contributed by atoms with Crippen LogP contribution in [0.4, 0.5) is 10.6 Å². The van der Waals surface area contributed by atoms with Gasteiger partial charge in [0.1, 0.15) is 10.9 Å². The molecule has 0 fully saturated rings. The fraction of sp³-hybridized carbons (Fsp3) is 0.375. The van der Waals surface area contributed by atoms with Crippen LogP contribution in [-0.4, -0.2) is 16.4 Å². The van der Waals surface area contributed by atoms with E-state index in [0.29, 0.717) is 12.2 Å². The fourth-order valence-corrected chi connectivity index (χ4v) is 0.743. The lowest BCUT2D eigenvalue weighted by molar-refractivity contribution is 0.166. The summed E-state index contributed by atoms with van der Waals surface area (Å²) in [6.45, 7) is 3.49. The SMILES string of the molecule is CC/C(Cl)=N/OC(=O)Nc1cc(C)on1. The Morgan fingerprint density at radius 2 is 2.53 bits per heavy atom. The summed E-state index contributed by atoms with van der Waals surface area (Å²) >= 11 is 5.53. The van der Waals surface area contributed by atoms with E-state index in [2.05, 4.69) is 20.5 Å². The van der Waals surface area contributed by atoms with Crippen LogP contribution >= 0.6 is 11.6 Å². The summed E-state index contributed by atoms with van der Waals surface area (Å²) in [4.78, 5) is 15.5. The van der Waals surface area contributed by atoms with Crippen molar-refractivity contribution in [3.8, 4) is 0 Å². The number of nitrogens with one attached hydrogen (secondary N) is 1. The summed E-state index contributed by atoms with van der Waals surface area (Å²) in [5.41, 5.74) is 0. The molecule has 0 aliphatic rings. The minimum Gasteiger partial charge on any atom is -0.360 e. The first kappa shape index (κ1) is 11.5. The Hall–Kier alpha value is -1.56. The molecule has 0 aliphatic heterocycles. The third-order valence-corrected chi connectivity index (χ3v) is 1.71. The zero-order valence-corrected chi connectivity index (χ0v) is 9.04. The van der Waals surface area contributed by atoms with Crippen LogP contribution in [0.15, 0.2) is 15.7 Å². The summed E-state index contributed by atoms with van der Waals surface area (Å²) < 4.78 is 4.73. The highest BCUT2D eigenvalue weighted by Gasteiger charge is 2.06. The molecule has 0 radical (unpaired) electrons. The third kappa shape index (κ3) is 3.99. The molecule has 0 saturated carbocycles. The van der Waals surface area contributed by atoms with Gasteiger partial charge in [0.15, 0.2) is 5.82 Å². The van der Waals surface area contributed by atoms with Crippen molar-refractivity contribution in [3.63, 3.8) is 0 Å². The second-order valence-electron chi connectivity index (χ2n) is 2.65. The standard InChI is InChI=1S/C8H10ClN3O3/c1-3-6(9)11-15-8(13)10-7-4-5(2)14-12-7/h4H,3H2,1-2H3,(H,10,12,13)/b11-6-. The van der Waals surface area contributed by atoms with Gasteiger partial charge in [-0.1, -0.05) is 28.8 Å². The fourth-order valence-electron chi connectivity index (χ4n) is 0.708. The van der Waals surface area contributed by atoms with Crippen LogP contribution in [0.1, 0.15) is 19.1 Å². The lowest BCUT2D eigenvalue weighted by Gasteiger charge is -1.97. The molecule has 0 unspecified atom stereocenters. The summed E-state index contributed by atoms with van der Waals surface area (Å²) in [6, 6.07) is 1.55. The zero-order valence-electron chi connectivity index (χ0n) is 8.28. The molecule has 0 aromatic carbocycles. The molecule has 0 saturated heterocycles. The number of rotatable bonds is 3. The Kier molecular flexibility index (Phi) is 4.11. The molecule has 0 aliphatic carbocycles. The Labute approximate surface area is 91.2 Å². The lowest BCUT2D eigenvalue weighted by Crippen LogP contribution is -2.11. The van der Waals surface area contributed by atoms with Crippen molar-refractivity contribution >= 4 is 28.7 Å². The average Bonchev–Trinajstić information content (AvgIpc) is 2.60. The monoisotopic (exact) mass is 231 g/mol. The average molecular weight is 232 g/mol. The Balaban J connectivity index is 2.43. The molecule has 82 valence electrons. The van der Waals surface area contributed by atoms with Crippen LogP contribution in [0.5, 0.6) is 0 Å². The van der Waals surface area contributed by atoms with Gasteiger partial charge in [-0.15, -0.1) is 0 Å². The summed E-state index contributed by atoms with van der Waals surface area (Å²) in [6.07, 6.45) is -0.271. The van der Waals surface area contributed by atoms with E-state index in [9.17, 15) is 4.79 Å². The number of halogens is 1. The summed E-state index contributed by atoms with van der Waals surface area (Å²) in [5.74, 6) is 0.848. The Bertz CT molecular complexity index is 375. The number of carbonyl (C=O) groups excluding carboxylic acids is 1. The van der Waals surface area contributed by atoms with E-state index in [1.165, 1.54) is 0 Å². The number of aryl methyl sites for hydroxylation is 1. The molecule has 0 bridgehead atoms. The molecule has 1 aromatic rings. The highest BCUT2D eigenvalue weighted by molar-refractivity contribution is 6.65. The van der Waals surface area contributed by atoms with Crippen molar-refractivity contribution in [2.45, 2.75) is 20.3 Å². The smallest absolute Gasteiger partial charge is 0.360 e. The summed E-state index contributed by atoms with van der Waals surface area (Å²) in [7, 11) is 0. The van der Waals surface area contributed by atoms with Gasteiger partial charge in [0.2, 0.25) is 0 Å². The first-order chi connectivity index (χ1) is 7.11. The van der Waals surface area contributed by atoms with Crippen molar-refractivity contribution in [2.24, 2.45) is 5.16 Å². The van der Waals surface area contributed by atoms with E-state index in [1.807, 2.05) is 0 Å². The highest BCUT2D eigenvalue weighted by atomic mass is 35.5. The van der Waals surface area contributed by atoms with Gasteiger partial charge in [0.25, 0.3) is 0 Å². The van der Waals surface area contributed by atoms with E-state index < -0.39 is 6.09 Å². The van der Waals surface area contributed by atoms with Gasteiger partial charge in [0.05, 0.1) is 0 Å². The molecule has 7 heteroatoms. The number of hydrogen-bond donors (Lipinski definition) is 1. The third-order valence-electron chi connectivity index (χ3n) is 1.38. The van der Waals surface area contributed by atoms with E-state index in [0.717, 1.165) is 0 Å². The van der Waals surface area contributed by atoms with Gasteiger partial charge in [-0.05, 0) is 6.92 Å². The molecule has 1 heterocycles. The quantitative estimate of drug-likeness (QED) is 0.493. The maximum Gasteiger partial charge on any atom is 0.439 e. The van der Waals surface area contributed by atoms with Crippen molar-refractivity contribution in [3.05, 3.63) is 11.8 Å². The van der Waals surface area contributed by atoms with Gasteiger partial charge in [-0.2, -0.15) is 0 Å². The predicted molar refractivity (Wildman–Crippen MR) is 54.9 cm³/mol. The molecular formula is C8H10ClN3O3. The van der Waals surface area contributed by atoms with Crippen molar-refractivity contribution < 1.29 is 14.2 Å². The van der Waals surface area contributed by atoms with Crippen LogP contribution in [0.2, 0.25) is 0 Å². The van der Waals surface area contributed by atoms with Gasteiger partial charge in [-0.3, -0.25) is 10.2 Å². The van der Waals surface area contributed by atoms with Crippen LogP contribution in [0, 0.1) is 6.92 Å². The second-order valence-corrected chi connectivity index (χ2v) is 3.08. The first-order valence-electron chi connectivity index (χ1n) is 4.25. The molecule has 1 N–H and O–H groups in total. The van der Waals surface area contributed by atoms with Gasteiger partial charge >= 0.3 is 6.09 Å². The van der Waals surface area contributed by atoms with Gasteiger partial charge < -0.3 is 4.52 Å². The first-order valence-corrected chi connectivity index (χ1v) is 4.63. The number of amides is 1. The number of carbonyl (C=O) groups is 1. The van der Waals surface area contributed by atoms with Gasteiger partial charge in [-0.25, -0.2) is 4.79 Å². The summed E-state index contributed by atoms with van der Waals surface area (Å²) in [5, 5.41) is 9.41. The molecule has 1 rings (SSSR count). The van der Waals surface area contributed by atoms with Crippen molar-refractivity contribution in [1.29, 1.82) is 0 Å². The van der Waals surface area contributed by atoms with Gasteiger partial charge in [0, 0.05) is 12.5 Å². The van der Waals surface area contributed by atoms with Crippen LogP contribution in [0.25, 0.3) is 0 Å².